The van der Waals surface area contributed by atoms with Gasteiger partial charge in [-0.3, -0.25) is 4.79 Å². The summed E-state index contributed by atoms with van der Waals surface area (Å²) in [5.41, 5.74) is 6.15. The molecule has 1 aromatic rings. The number of nitrogens with two attached hydrogens (primary N) is 1. The summed E-state index contributed by atoms with van der Waals surface area (Å²) >= 11 is 0. The van der Waals surface area contributed by atoms with Gasteiger partial charge in [0.1, 0.15) is 5.75 Å². The molecule has 13 heavy (non-hydrogen) atoms. The molecule has 0 spiro atoms. The van der Waals surface area contributed by atoms with Crippen LogP contribution in [0.3, 0.4) is 0 Å². The Bertz CT molecular complexity index is 310. The molecule has 0 aliphatic rings. The molecule has 1 atom stereocenters. The van der Waals surface area contributed by atoms with Gasteiger partial charge in [-0.05, 0) is 31.5 Å². The fraction of sp³-hybridized carbons (Fsp3) is 0.300. The van der Waals surface area contributed by atoms with Gasteiger partial charge in [-0.2, -0.15) is 0 Å². The van der Waals surface area contributed by atoms with E-state index in [9.17, 15) is 4.79 Å². The predicted molar refractivity (Wildman–Crippen MR) is 50.5 cm³/mol. The Hall–Kier alpha value is -1.51. The van der Waals surface area contributed by atoms with Gasteiger partial charge in [-0.1, -0.05) is 12.1 Å². The largest absolute Gasteiger partial charge is 0.481 e. The Morgan fingerprint density at radius 1 is 1.54 bits per heavy atom. The van der Waals surface area contributed by atoms with E-state index < -0.39 is 12.0 Å². The van der Waals surface area contributed by atoms with Crippen LogP contribution >= 0.6 is 0 Å². The summed E-state index contributed by atoms with van der Waals surface area (Å²) in [5.74, 6) is 0.216. The number of hydrogen-bond acceptors (Lipinski definition) is 2. The minimum Gasteiger partial charge on any atom is -0.481 e. The smallest absolute Gasteiger partial charge is 0.258 e. The van der Waals surface area contributed by atoms with Crippen molar-refractivity contribution in [2.45, 2.75) is 20.0 Å². The van der Waals surface area contributed by atoms with Crippen LogP contribution in [-0.4, -0.2) is 12.0 Å². The van der Waals surface area contributed by atoms with E-state index in [-0.39, 0.29) is 0 Å². The molecule has 1 amide bonds. The third-order valence-corrected chi connectivity index (χ3v) is 1.70. The van der Waals surface area contributed by atoms with Crippen molar-refractivity contribution in [3.05, 3.63) is 29.8 Å². The molecule has 0 aromatic heterocycles. The fourth-order valence-corrected chi connectivity index (χ4v) is 0.951. The first-order valence-corrected chi connectivity index (χ1v) is 4.12. The van der Waals surface area contributed by atoms with E-state index in [4.69, 9.17) is 10.5 Å². The van der Waals surface area contributed by atoms with E-state index in [1.54, 1.807) is 13.0 Å². The molecular weight excluding hydrogens is 166 g/mol. The molecule has 3 nitrogen and oxygen atoms in total. The molecule has 1 aromatic carbocycles. The first-order chi connectivity index (χ1) is 6.09. The molecule has 0 bridgehead atoms. The summed E-state index contributed by atoms with van der Waals surface area (Å²) in [6.07, 6.45) is -0.582. The third kappa shape index (κ3) is 2.78. The molecule has 0 aliphatic carbocycles. The Balaban J connectivity index is 2.69. The lowest BCUT2D eigenvalue weighted by Crippen LogP contribution is -2.30. The van der Waals surface area contributed by atoms with Crippen LogP contribution in [0.25, 0.3) is 0 Å². The summed E-state index contributed by atoms with van der Waals surface area (Å²) < 4.78 is 5.28. The zero-order valence-electron chi connectivity index (χ0n) is 7.78. The highest BCUT2D eigenvalue weighted by Crippen LogP contribution is 2.13. The van der Waals surface area contributed by atoms with E-state index >= 15 is 0 Å². The number of primary amides is 1. The second-order valence-corrected chi connectivity index (χ2v) is 2.98. The molecule has 0 unspecified atom stereocenters. The van der Waals surface area contributed by atoms with E-state index in [1.165, 1.54) is 0 Å². The number of hydrogen-bond donors (Lipinski definition) is 1. The molecule has 0 heterocycles. The van der Waals surface area contributed by atoms with Gasteiger partial charge in [-0.25, -0.2) is 0 Å². The van der Waals surface area contributed by atoms with Gasteiger partial charge < -0.3 is 10.5 Å². The molecule has 0 aliphatic heterocycles. The Morgan fingerprint density at radius 3 is 2.77 bits per heavy atom. The van der Waals surface area contributed by atoms with Gasteiger partial charge >= 0.3 is 0 Å². The predicted octanol–water partition coefficient (Wildman–Crippen LogP) is 1.25. The summed E-state index contributed by atoms with van der Waals surface area (Å²) in [4.78, 5) is 10.7. The van der Waals surface area contributed by atoms with Gasteiger partial charge in [-0.15, -0.1) is 0 Å². The van der Waals surface area contributed by atoms with Crippen molar-refractivity contribution in [3.8, 4) is 5.75 Å². The highest BCUT2D eigenvalue weighted by molar-refractivity contribution is 5.78. The van der Waals surface area contributed by atoms with Gasteiger partial charge in [0.2, 0.25) is 0 Å². The molecular formula is C10H13NO2. The third-order valence-electron chi connectivity index (χ3n) is 1.70. The van der Waals surface area contributed by atoms with Crippen LogP contribution in [0.15, 0.2) is 24.3 Å². The average Bonchev–Trinajstić information content (AvgIpc) is 2.04. The summed E-state index contributed by atoms with van der Waals surface area (Å²) in [5, 5.41) is 0. The van der Waals surface area contributed by atoms with Crippen LogP contribution < -0.4 is 10.5 Å². The van der Waals surface area contributed by atoms with Crippen LogP contribution in [0.5, 0.6) is 5.75 Å². The summed E-state index contributed by atoms with van der Waals surface area (Å²) in [6.45, 7) is 3.59. The van der Waals surface area contributed by atoms with Crippen LogP contribution in [-0.2, 0) is 4.79 Å². The maximum Gasteiger partial charge on any atom is 0.258 e. The zero-order valence-corrected chi connectivity index (χ0v) is 7.78. The van der Waals surface area contributed by atoms with Crippen molar-refractivity contribution in [1.29, 1.82) is 0 Å². The topological polar surface area (TPSA) is 52.3 Å². The van der Waals surface area contributed by atoms with Gasteiger partial charge in [0.15, 0.2) is 6.10 Å². The van der Waals surface area contributed by atoms with Crippen LogP contribution in [0.1, 0.15) is 12.5 Å². The molecule has 2 N–H and O–H groups in total. The SMILES string of the molecule is Cc1cccc(O[C@@H](C)C(N)=O)c1. The van der Waals surface area contributed by atoms with Gasteiger partial charge in [0, 0.05) is 0 Å². The molecule has 0 saturated carbocycles. The number of ether oxygens (including phenoxy) is 1. The minimum absolute atomic E-state index is 0.457. The number of benzene rings is 1. The second-order valence-electron chi connectivity index (χ2n) is 2.98. The van der Waals surface area contributed by atoms with Crippen LogP contribution in [0.2, 0.25) is 0 Å². The monoisotopic (exact) mass is 179 g/mol. The maximum absolute atomic E-state index is 10.7. The number of carbonyl (C=O) groups excluding carboxylic acids is 1. The highest BCUT2D eigenvalue weighted by atomic mass is 16.5. The van der Waals surface area contributed by atoms with Crippen LogP contribution in [0, 0.1) is 6.92 Å². The molecule has 0 saturated heterocycles. The Kier molecular flexibility index (Phi) is 2.90. The molecule has 3 heteroatoms. The molecule has 0 radical (unpaired) electrons. The van der Waals surface area contributed by atoms with Gasteiger partial charge in [0.05, 0.1) is 0 Å². The van der Waals surface area contributed by atoms with Gasteiger partial charge in [0.25, 0.3) is 5.91 Å². The second kappa shape index (κ2) is 3.94. The quantitative estimate of drug-likeness (QED) is 0.759. The lowest BCUT2D eigenvalue weighted by molar-refractivity contribution is -0.123. The lowest BCUT2D eigenvalue weighted by Gasteiger charge is -2.11. The number of carbonyl (C=O) groups is 1. The fourth-order valence-electron chi connectivity index (χ4n) is 0.951. The number of rotatable bonds is 3. The van der Waals surface area contributed by atoms with E-state index in [0.717, 1.165) is 5.56 Å². The Labute approximate surface area is 77.5 Å². The highest BCUT2D eigenvalue weighted by Gasteiger charge is 2.09. The van der Waals surface area contributed by atoms with Crippen molar-refractivity contribution < 1.29 is 9.53 Å². The van der Waals surface area contributed by atoms with Crippen molar-refractivity contribution in [3.63, 3.8) is 0 Å². The summed E-state index contributed by atoms with van der Waals surface area (Å²) in [7, 11) is 0. The van der Waals surface area contributed by atoms with Crippen LogP contribution in [0.4, 0.5) is 0 Å². The van der Waals surface area contributed by atoms with Crippen molar-refractivity contribution in [2.75, 3.05) is 0 Å². The minimum atomic E-state index is -0.582. The van der Waals surface area contributed by atoms with E-state index in [0.29, 0.717) is 5.75 Å². The normalized spacial score (nSPS) is 12.2. The summed E-state index contributed by atoms with van der Waals surface area (Å²) in [6, 6.07) is 7.49. The zero-order chi connectivity index (χ0) is 9.84. The Morgan fingerprint density at radius 2 is 2.23 bits per heavy atom. The number of amides is 1. The number of aryl methyl sites for hydroxylation is 1. The maximum atomic E-state index is 10.7. The lowest BCUT2D eigenvalue weighted by atomic mass is 10.2. The average molecular weight is 179 g/mol. The standard InChI is InChI=1S/C10H13NO2/c1-7-4-3-5-9(6-7)13-8(2)10(11)12/h3-6,8H,1-2H3,(H2,11,12)/t8-/m0/s1. The molecule has 70 valence electrons. The molecule has 1 rings (SSSR count). The van der Waals surface area contributed by atoms with Crippen molar-refractivity contribution >= 4 is 5.91 Å². The molecule has 0 fully saturated rings. The first-order valence-electron chi connectivity index (χ1n) is 4.12. The van der Waals surface area contributed by atoms with Crippen molar-refractivity contribution in [1.82, 2.24) is 0 Å². The van der Waals surface area contributed by atoms with E-state index in [2.05, 4.69) is 0 Å². The van der Waals surface area contributed by atoms with E-state index in [1.807, 2.05) is 25.1 Å². The first kappa shape index (κ1) is 9.58. The van der Waals surface area contributed by atoms with Crippen molar-refractivity contribution in [2.24, 2.45) is 5.73 Å².